The van der Waals surface area contributed by atoms with Crippen molar-refractivity contribution in [3.05, 3.63) is 153 Å². The Morgan fingerprint density at radius 1 is 0.487 bits per heavy atom. The molecular formula is C52H51Cl5N18O. The molecule has 0 spiro atoms. The minimum Gasteiger partial charge on any atom is -0.379 e. The van der Waals surface area contributed by atoms with E-state index in [0.29, 0.717) is 45.2 Å². The molecule has 19 nitrogen and oxygen atoms in total. The standard InChI is InChI=1S/C18H15ClN6.C17H18Cl2N6O.C17H18Cl2N6/c1-12-4-6-14(7-5-12)25-17-15(11-22-25)16(23-18(19)24-17)21-10-13-3-2-8-20-9-13;18-12-1-3-13(4-2-12)25-16-14(11-21-25)15(22-17(19)23-16)20-5-6-24-7-9-26-10-8-24;18-12-3-5-13(6-4-12)25-16-14(11-21-25)15(22-17(19)23-16)20-7-10-24-8-1-2-9-24/h2-9,11H,10H2,1H3,(H,21,23,24);1-4,11H,5-10H2,(H,20,22,23);3-6,11H,1-2,7-10H2,(H,20,22,23). The summed E-state index contributed by atoms with van der Waals surface area (Å²) in [5.74, 6) is 2.06. The highest BCUT2D eigenvalue weighted by Gasteiger charge is 2.18. The molecule has 0 unspecified atom stereocenters. The van der Waals surface area contributed by atoms with Gasteiger partial charge in [-0.2, -0.15) is 45.2 Å². The van der Waals surface area contributed by atoms with Gasteiger partial charge in [0.05, 0.1) is 65.0 Å². The first-order valence-electron chi connectivity index (χ1n) is 24.6. The summed E-state index contributed by atoms with van der Waals surface area (Å²) in [4.78, 5) is 34.9. The van der Waals surface area contributed by atoms with E-state index in [-0.39, 0.29) is 15.9 Å². The van der Waals surface area contributed by atoms with Gasteiger partial charge >= 0.3 is 0 Å². The van der Waals surface area contributed by atoms with Crippen LogP contribution in [0.4, 0.5) is 17.5 Å². The molecule has 3 N–H and O–H groups in total. The summed E-state index contributed by atoms with van der Waals surface area (Å²) < 4.78 is 10.6. The fraction of sp³-hybridized carbons (Fsp3) is 0.269. The second-order valence-corrected chi connectivity index (χ2v) is 19.7. The summed E-state index contributed by atoms with van der Waals surface area (Å²) in [5, 5.41) is 27.8. The summed E-state index contributed by atoms with van der Waals surface area (Å²) in [6.45, 7) is 12.0. The van der Waals surface area contributed by atoms with Crippen LogP contribution in [0.2, 0.25) is 25.9 Å². The van der Waals surface area contributed by atoms with Gasteiger partial charge in [0.1, 0.15) is 17.5 Å². The molecule has 12 rings (SSSR count). The third-order valence-electron chi connectivity index (χ3n) is 12.6. The first kappa shape index (κ1) is 52.6. The van der Waals surface area contributed by atoms with Crippen molar-refractivity contribution in [2.75, 3.05) is 81.5 Å². The highest BCUT2D eigenvalue weighted by Crippen LogP contribution is 2.28. The van der Waals surface area contributed by atoms with Crippen LogP contribution in [0.1, 0.15) is 24.0 Å². The van der Waals surface area contributed by atoms with Crippen molar-refractivity contribution in [3.8, 4) is 17.1 Å². The van der Waals surface area contributed by atoms with E-state index in [4.69, 9.17) is 62.7 Å². The third kappa shape index (κ3) is 13.0. The van der Waals surface area contributed by atoms with Gasteiger partial charge in [0.2, 0.25) is 15.9 Å². The van der Waals surface area contributed by atoms with Crippen molar-refractivity contribution >= 4 is 109 Å². The molecule has 2 fully saturated rings. The number of nitrogens with zero attached hydrogens (tertiary/aromatic N) is 15. The van der Waals surface area contributed by atoms with E-state index in [9.17, 15) is 0 Å². The number of fused-ring (bicyclic) bond motifs is 3. The number of halogens is 5. The van der Waals surface area contributed by atoms with Gasteiger partial charge in [0.15, 0.2) is 16.9 Å². The maximum Gasteiger partial charge on any atom is 0.226 e. The lowest BCUT2D eigenvalue weighted by molar-refractivity contribution is 0.0398. The number of anilines is 3. The Morgan fingerprint density at radius 3 is 1.34 bits per heavy atom. The van der Waals surface area contributed by atoms with Crippen molar-refractivity contribution in [2.24, 2.45) is 0 Å². The van der Waals surface area contributed by atoms with Crippen molar-refractivity contribution in [1.29, 1.82) is 0 Å². The van der Waals surface area contributed by atoms with Crippen LogP contribution < -0.4 is 16.0 Å². The number of aromatic nitrogens is 13. The van der Waals surface area contributed by atoms with Gasteiger partial charge in [-0.15, -0.1) is 0 Å². The highest BCUT2D eigenvalue weighted by atomic mass is 35.5. The first-order valence-corrected chi connectivity index (χ1v) is 26.5. The Bertz CT molecular complexity index is 3510. The lowest BCUT2D eigenvalue weighted by atomic mass is 10.2. The minimum absolute atomic E-state index is 0.176. The molecule has 0 aliphatic carbocycles. The van der Waals surface area contributed by atoms with Crippen LogP contribution in [-0.2, 0) is 11.3 Å². The molecule has 10 aromatic rings. The Morgan fingerprint density at radius 2 is 0.908 bits per heavy atom. The Hall–Kier alpha value is -6.81. The van der Waals surface area contributed by atoms with Crippen LogP contribution in [0, 0.1) is 6.92 Å². The van der Waals surface area contributed by atoms with Gasteiger partial charge < -0.3 is 25.6 Å². The van der Waals surface area contributed by atoms with Crippen molar-refractivity contribution < 1.29 is 4.74 Å². The van der Waals surface area contributed by atoms with Crippen LogP contribution in [-0.4, -0.2) is 140 Å². The van der Waals surface area contributed by atoms with Gasteiger partial charge in [0.25, 0.3) is 0 Å². The molecular weight excluding hydrogens is 1070 g/mol. The molecule has 0 radical (unpaired) electrons. The fourth-order valence-corrected chi connectivity index (χ4v) is 9.40. The number of aryl methyl sites for hydroxylation is 1. The predicted octanol–water partition coefficient (Wildman–Crippen LogP) is 10.3. The summed E-state index contributed by atoms with van der Waals surface area (Å²) in [7, 11) is 0. The van der Waals surface area contributed by atoms with Gasteiger partial charge in [0, 0.05) is 68.3 Å². The van der Waals surface area contributed by atoms with Crippen LogP contribution in [0.3, 0.4) is 0 Å². The number of hydrogen-bond donors (Lipinski definition) is 3. The lowest BCUT2D eigenvalue weighted by Gasteiger charge is -2.26. The molecule has 0 amide bonds. The van der Waals surface area contributed by atoms with Gasteiger partial charge in [-0.3, -0.25) is 9.88 Å². The number of nitrogens with one attached hydrogen (secondary N) is 3. The van der Waals surface area contributed by atoms with Crippen molar-refractivity contribution in [3.63, 3.8) is 0 Å². The SMILES string of the molecule is Cc1ccc(-n2ncc3c(NCc4cccnc4)nc(Cl)nc32)cc1.Clc1ccc(-n2ncc3c(NCCN4CCCC4)nc(Cl)nc32)cc1.Clc1ccc(-n2ncc3c(NCCN4CCOCC4)nc(Cl)nc32)cc1. The molecule has 24 heteroatoms. The summed E-state index contributed by atoms with van der Waals surface area (Å²) in [5.41, 5.74) is 6.89. The largest absolute Gasteiger partial charge is 0.379 e. The Balaban J connectivity index is 0.000000130. The zero-order valence-electron chi connectivity index (χ0n) is 41.2. The molecule has 0 saturated carbocycles. The van der Waals surface area contributed by atoms with Crippen LogP contribution in [0.25, 0.3) is 50.2 Å². The smallest absolute Gasteiger partial charge is 0.226 e. The Kier molecular flexibility index (Phi) is 17.2. The van der Waals surface area contributed by atoms with Crippen molar-refractivity contribution in [2.45, 2.75) is 26.3 Å². The molecule has 2 aliphatic rings. The lowest BCUT2D eigenvalue weighted by Crippen LogP contribution is -2.39. The quantitative estimate of drug-likeness (QED) is 0.0869. The number of likely N-dealkylation sites (tertiary alicyclic amines) is 1. The normalized spacial score (nSPS) is 13.9. The van der Waals surface area contributed by atoms with Gasteiger partial charge in [-0.05, 0) is 140 Å². The first-order chi connectivity index (χ1) is 37.1. The van der Waals surface area contributed by atoms with E-state index in [1.54, 1.807) is 38.8 Å². The molecule has 0 bridgehead atoms. The summed E-state index contributed by atoms with van der Waals surface area (Å²) >= 11 is 30.3. The Labute approximate surface area is 462 Å². The second kappa shape index (κ2) is 24.9. The van der Waals surface area contributed by atoms with Gasteiger partial charge in [-0.1, -0.05) is 47.0 Å². The number of morpholine rings is 1. The molecule has 3 aromatic carbocycles. The van der Waals surface area contributed by atoms with Crippen LogP contribution >= 0.6 is 58.0 Å². The molecule has 0 atom stereocenters. The maximum atomic E-state index is 6.14. The van der Waals surface area contributed by atoms with E-state index in [0.717, 1.165) is 97.1 Å². The molecule has 2 aliphatic heterocycles. The third-order valence-corrected chi connectivity index (χ3v) is 13.6. The number of ether oxygens (including phenoxy) is 1. The molecule has 9 heterocycles. The molecule has 2 saturated heterocycles. The molecule has 76 heavy (non-hydrogen) atoms. The van der Waals surface area contributed by atoms with Crippen LogP contribution in [0.15, 0.2) is 116 Å². The average molecular weight is 1120 g/mol. The van der Waals surface area contributed by atoms with E-state index in [2.05, 4.69) is 75.9 Å². The number of rotatable bonds is 14. The highest BCUT2D eigenvalue weighted by molar-refractivity contribution is 6.31. The summed E-state index contributed by atoms with van der Waals surface area (Å²) in [6.07, 6.45) is 11.4. The predicted molar refractivity (Wildman–Crippen MR) is 301 cm³/mol. The van der Waals surface area contributed by atoms with E-state index >= 15 is 0 Å². The number of benzene rings is 3. The molecule has 7 aromatic heterocycles. The minimum atomic E-state index is 0.176. The summed E-state index contributed by atoms with van der Waals surface area (Å²) in [6, 6.07) is 26.8. The van der Waals surface area contributed by atoms with Gasteiger partial charge in [-0.25, -0.2) is 14.0 Å². The number of pyridine rings is 1. The zero-order chi connectivity index (χ0) is 52.4. The van der Waals surface area contributed by atoms with Crippen molar-refractivity contribution in [1.82, 2.24) is 74.0 Å². The van der Waals surface area contributed by atoms with E-state index < -0.39 is 0 Å². The second-order valence-electron chi connectivity index (χ2n) is 17.8. The monoisotopic (exact) mass is 1120 g/mol. The van der Waals surface area contributed by atoms with E-state index in [1.165, 1.54) is 31.5 Å². The fourth-order valence-electron chi connectivity index (χ4n) is 8.65. The topological polar surface area (TPSA) is 195 Å². The average Bonchev–Trinajstić information content (AvgIpc) is 4.31. The molecule has 390 valence electrons. The maximum absolute atomic E-state index is 6.14. The number of hydrogen-bond acceptors (Lipinski definition) is 16. The zero-order valence-corrected chi connectivity index (χ0v) is 44.9. The van der Waals surface area contributed by atoms with E-state index in [1.807, 2.05) is 98.0 Å². The van der Waals surface area contributed by atoms with Crippen LogP contribution in [0.5, 0.6) is 0 Å².